The smallest absolute Gasteiger partial charge is 0.138 e. The van der Waals surface area contributed by atoms with E-state index in [-0.39, 0.29) is 6.61 Å². The second-order valence-corrected chi connectivity index (χ2v) is 6.34. The molecule has 3 nitrogen and oxygen atoms in total. The molecule has 0 heterocycles. The maximum Gasteiger partial charge on any atom is 0.138 e. The molecule has 0 spiro atoms. The highest BCUT2D eigenvalue weighted by Gasteiger charge is 2.27. The lowest BCUT2D eigenvalue weighted by atomic mass is 10.1. The van der Waals surface area contributed by atoms with Gasteiger partial charge in [0, 0.05) is 17.1 Å². The molecule has 0 aliphatic heterocycles. The first-order valence-electron chi connectivity index (χ1n) is 6.00. The highest BCUT2D eigenvalue weighted by Crippen LogP contribution is 2.28. The van der Waals surface area contributed by atoms with Gasteiger partial charge in [-0.2, -0.15) is 0 Å². The molecule has 1 aromatic rings. The number of ether oxygens (including phenoxy) is 1. The summed E-state index contributed by atoms with van der Waals surface area (Å²) in [5.74, 6) is 0.589. The van der Waals surface area contributed by atoms with E-state index in [2.05, 4.69) is 21.2 Å². The predicted octanol–water partition coefficient (Wildman–Crippen LogP) is 2.98. The molecular formula is C13H17BrClNO2. The molecule has 1 atom stereocenters. The van der Waals surface area contributed by atoms with Crippen LogP contribution in [-0.2, 0) is 0 Å². The van der Waals surface area contributed by atoms with Crippen molar-refractivity contribution in [1.82, 2.24) is 5.32 Å². The van der Waals surface area contributed by atoms with Crippen LogP contribution in [0.15, 0.2) is 22.7 Å². The van der Waals surface area contributed by atoms with E-state index in [9.17, 15) is 5.11 Å². The number of halogens is 2. The lowest BCUT2D eigenvalue weighted by Gasteiger charge is -2.24. The molecule has 100 valence electrons. The maximum atomic E-state index is 10.2. The monoisotopic (exact) mass is 333 g/mol. The van der Waals surface area contributed by atoms with Crippen molar-refractivity contribution in [1.29, 1.82) is 0 Å². The summed E-state index contributed by atoms with van der Waals surface area (Å²) in [6.45, 7) is 2.51. The summed E-state index contributed by atoms with van der Waals surface area (Å²) in [6.07, 6.45) is 2.41. The zero-order valence-electron chi connectivity index (χ0n) is 10.2. The largest absolute Gasteiger partial charge is 0.489 e. The van der Waals surface area contributed by atoms with Crippen LogP contribution in [0, 0.1) is 0 Å². The van der Waals surface area contributed by atoms with E-state index in [1.54, 1.807) is 19.1 Å². The molecule has 1 aromatic carbocycles. The first-order valence-corrected chi connectivity index (χ1v) is 7.17. The summed E-state index contributed by atoms with van der Waals surface area (Å²) >= 11 is 9.38. The van der Waals surface area contributed by atoms with Crippen molar-refractivity contribution in [2.45, 2.75) is 31.4 Å². The summed E-state index contributed by atoms with van der Waals surface area (Å²) in [5, 5.41) is 14.0. The van der Waals surface area contributed by atoms with E-state index in [1.165, 1.54) is 12.8 Å². The molecule has 1 fully saturated rings. The van der Waals surface area contributed by atoms with Crippen molar-refractivity contribution in [3.8, 4) is 5.75 Å². The van der Waals surface area contributed by atoms with E-state index < -0.39 is 5.60 Å². The van der Waals surface area contributed by atoms with Crippen LogP contribution in [0.2, 0.25) is 5.02 Å². The molecular weight excluding hydrogens is 318 g/mol. The topological polar surface area (TPSA) is 41.5 Å². The average molecular weight is 335 g/mol. The minimum atomic E-state index is -0.890. The van der Waals surface area contributed by atoms with Crippen LogP contribution < -0.4 is 10.1 Å². The number of hydrogen-bond acceptors (Lipinski definition) is 3. The number of rotatable bonds is 6. The lowest BCUT2D eigenvalue weighted by Crippen LogP contribution is -2.43. The molecule has 0 aromatic heterocycles. The third kappa shape index (κ3) is 4.43. The zero-order valence-corrected chi connectivity index (χ0v) is 12.6. The highest BCUT2D eigenvalue weighted by molar-refractivity contribution is 9.10. The van der Waals surface area contributed by atoms with Crippen molar-refractivity contribution < 1.29 is 9.84 Å². The van der Waals surface area contributed by atoms with Crippen LogP contribution in [0.4, 0.5) is 0 Å². The molecule has 0 amide bonds. The Hall–Kier alpha value is -0.290. The van der Waals surface area contributed by atoms with Gasteiger partial charge in [0.2, 0.25) is 0 Å². The second kappa shape index (κ2) is 5.78. The minimum Gasteiger partial charge on any atom is -0.489 e. The fourth-order valence-corrected chi connectivity index (χ4v) is 2.26. The van der Waals surface area contributed by atoms with E-state index in [0.29, 0.717) is 23.4 Å². The Kier molecular flexibility index (Phi) is 4.54. The minimum absolute atomic E-state index is 0.216. The Balaban J connectivity index is 1.84. The van der Waals surface area contributed by atoms with Crippen LogP contribution >= 0.6 is 27.5 Å². The van der Waals surface area contributed by atoms with Crippen molar-refractivity contribution in [2.75, 3.05) is 13.2 Å². The van der Waals surface area contributed by atoms with Gasteiger partial charge in [-0.25, -0.2) is 0 Å². The number of nitrogens with one attached hydrogen (secondary N) is 1. The Labute approximate surface area is 121 Å². The summed E-state index contributed by atoms with van der Waals surface area (Å²) in [5.41, 5.74) is -0.890. The van der Waals surface area contributed by atoms with Crippen molar-refractivity contribution in [3.63, 3.8) is 0 Å². The molecule has 0 radical (unpaired) electrons. The molecule has 1 saturated carbocycles. The zero-order chi connectivity index (χ0) is 13.2. The predicted molar refractivity (Wildman–Crippen MR) is 76.3 cm³/mol. The molecule has 1 unspecified atom stereocenters. The molecule has 2 N–H and O–H groups in total. The van der Waals surface area contributed by atoms with Crippen molar-refractivity contribution in [2.24, 2.45) is 0 Å². The van der Waals surface area contributed by atoms with E-state index in [4.69, 9.17) is 16.3 Å². The van der Waals surface area contributed by atoms with Gasteiger partial charge in [0.05, 0.1) is 5.02 Å². The molecule has 2 rings (SSSR count). The van der Waals surface area contributed by atoms with Gasteiger partial charge >= 0.3 is 0 Å². The SMILES string of the molecule is CC(O)(CNC1CC1)COc1ccc(Br)cc1Cl. The van der Waals surface area contributed by atoms with Gasteiger partial charge in [-0.3, -0.25) is 0 Å². The molecule has 0 bridgehead atoms. The normalized spacial score (nSPS) is 18.4. The lowest BCUT2D eigenvalue weighted by molar-refractivity contribution is 0.0120. The van der Waals surface area contributed by atoms with Crippen LogP contribution in [0.25, 0.3) is 0 Å². The van der Waals surface area contributed by atoms with Crippen LogP contribution in [0.5, 0.6) is 5.75 Å². The highest BCUT2D eigenvalue weighted by atomic mass is 79.9. The van der Waals surface area contributed by atoms with Gasteiger partial charge in [-0.15, -0.1) is 0 Å². The van der Waals surface area contributed by atoms with Gasteiger partial charge in [0.1, 0.15) is 18.0 Å². The third-order valence-corrected chi connectivity index (χ3v) is 3.57. The van der Waals surface area contributed by atoms with Gasteiger partial charge in [0.25, 0.3) is 0 Å². The Morgan fingerprint density at radius 2 is 2.28 bits per heavy atom. The van der Waals surface area contributed by atoms with Crippen LogP contribution in [-0.4, -0.2) is 29.9 Å². The number of aliphatic hydroxyl groups is 1. The summed E-state index contributed by atoms with van der Waals surface area (Å²) in [4.78, 5) is 0. The van der Waals surface area contributed by atoms with E-state index in [0.717, 1.165) is 4.47 Å². The Morgan fingerprint density at radius 1 is 1.56 bits per heavy atom. The van der Waals surface area contributed by atoms with Gasteiger partial charge < -0.3 is 15.2 Å². The third-order valence-electron chi connectivity index (χ3n) is 2.78. The average Bonchev–Trinajstić information content (AvgIpc) is 3.09. The van der Waals surface area contributed by atoms with Crippen LogP contribution in [0.3, 0.4) is 0 Å². The number of benzene rings is 1. The van der Waals surface area contributed by atoms with Crippen molar-refractivity contribution in [3.05, 3.63) is 27.7 Å². The molecule has 1 aliphatic rings. The Morgan fingerprint density at radius 3 is 2.89 bits per heavy atom. The summed E-state index contributed by atoms with van der Waals surface area (Å²) in [6, 6.07) is 6.00. The number of hydrogen-bond donors (Lipinski definition) is 2. The molecule has 0 saturated heterocycles. The first kappa shape index (κ1) is 14.1. The van der Waals surface area contributed by atoms with E-state index >= 15 is 0 Å². The van der Waals surface area contributed by atoms with Crippen molar-refractivity contribution >= 4 is 27.5 Å². The van der Waals surface area contributed by atoms with Gasteiger partial charge in [-0.1, -0.05) is 27.5 Å². The van der Waals surface area contributed by atoms with Gasteiger partial charge in [0.15, 0.2) is 0 Å². The standard InChI is InChI=1S/C13H17BrClNO2/c1-13(17,7-16-10-3-4-10)8-18-12-5-2-9(14)6-11(12)15/h2,5-6,10,16-17H,3-4,7-8H2,1H3. The maximum absolute atomic E-state index is 10.2. The molecule has 18 heavy (non-hydrogen) atoms. The first-order chi connectivity index (χ1) is 8.46. The molecule has 5 heteroatoms. The fourth-order valence-electron chi connectivity index (χ4n) is 1.53. The van der Waals surface area contributed by atoms with Crippen LogP contribution in [0.1, 0.15) is 19.8 Å². The summed E-state index contributed by atoms with van der Waals surface area (Å²) in [7, 11) is 0. The molecule has 1 aliphatic carbocycles. The second-order valence-electron chi connectivity index (χ2n) is 5.02. The Bertz CT molecular complexity index is 421. The van der Waals surface area contributed by atoms with E-state index in [1.807, 2.05) is 6.07 Å². The van der Waals surface area contributed by atoms with Gasteiger partial charge in [-0.05, 0) is 38.0 Å². The quantitative estimate of drug-likeness (QED) is 0.840. The summed E-state index contributed by atoms with van der Waals surface area (Å²) < 4.78 is 6.47. The fraction of sp³-hybridized carbons (Fsp3) is 0.538.